The Hall–Kier alpha value is -4.18. The number of ether oxygens (including phenoxy) is 1. The van der Waals surface area contributed by atoms with Gasteiger partial charge in [0.25, 0.3) is 0 Å². The summed E-state index contributed by atoms with van der Waals surface area (Å²) in [5.74, 6) is 1.24. The summed E-state index contributed by atoms with van der Waals surface area (Å²) in [6.07, 6.45) is -0.610. The molecule has 0 aliphatic rings. The van der Waals surface area contributed by atoms with E-state index in [0.29, 0.717) is 29.2 Å². The minimum Gasteiger partial charge on any atom is -0.437 e. The number of alkyl halides is 3. The Morgan fingerprint density at radius 1 is 0.972 bits per heavy atom. The molecule has 2 aromatic heterocycles. The van der Waals surface area contributed by atoms with E-state index in [-0.39, 0.29) is 22.3 Å². The third kappa shape index (κ3) is 6.08. The molecule has 0 spiro atoms. The Balaban J connectivity index is 1.47. The van der Waals surface area contributed by atoms with Gasteiger partial charge in [-0.15, -0.1) is 0 Å². The molecule has 2 N–H and O–H groups in total. The highest BCUT2D eigenvalue weighted by atomic mass is 35.5. The first-order chi connectivity index (χ1) is 17.2. The summed E-state index contributed by atoms with van der Waals surface area (Å²) in [7, 11) is 0. The summed E-state index contributed by atoms with van der Waals surface area (Å²) in [6.45, 7) is 1.95. The van der Waals surface area contributed by atoms with Crippen molar-refractivity contribution in [3.05, 3.63) is 89.5 Å². The number of nitrogens with one attached hydrogen (secondary N) is 2. The zero-order chi connectivity index (χ0) is 25.7. The molecule has 184 valence electrons. The van der Waals surface area contributed by atoms with Crippen LogP contribution in [0.3, 0.4) is 0 Å². The highest BCUT2D eigenvalue weighted by Crippen LogP contribution is 2.35. The van der Waals surface area contributed by atoms with E-state index in [2.05, 4.69) is 25.6 Å². The van der Waals surface area contributed by atoms with Crippen LogP contribution in [-0.2, 0) is 12.6 Å². The number of aromatic nitrogens is 3. The van der Waals surface area contributed by atoms with Crippen molar-refractivity contribution in [1.29, 1.82) is 0 Å². The Morgan fingerprint density at radius 2 is 1.75 bits per heavy atom. The average molecular weight is 514 g/mol. The van der Waals surface area contributed by atoms with Crippen molar-refractivity contribution in [2.45, 2.75) is 19.5 Å². The van der Waals surface area contributed by atoms with Gasteiger partial charge in [-0.05, 0) is 54.6 Å². The lowest BCUT2D eigenvalue weighted by Gasteiger charge is -2.13. The topological polar surface area (TPSA) is 89.0 Å². The van der Waals surface area contributed by atoms with Gasteiger partial charge in [-0.2, -0.15) is 13.2 Å². The van der Waals surface area contributed by atoms with Gasteiger partial charge in [-0.25, -0.2) is 19.7 Å². The first kappa shape index (κ1) is 24.9. The van der Waals surface area contributed by atoms with Crippen LogP contribution in [0.5, 0.6) is 11.6 Å². The number of anilines is 2. The SMILES string of the molecule is CCc1nccc(-c2cccnc2Oc2ccc(NC(=O)Nc3cccc(C(F)(F)F)c3)cc2Cl)n1. The zero-order valence-electron chi connectivity index (χ0n) is 18.8. The molecule has 4 rings (SSSR count). The fourth-order valence-electron chi connectivity index (χ4n) is 3.22. The predicted molar refractivity (Wildman–Crippen MR) is 130 cm³/mol. The van der Waals surface area contributed by atoms with Gasteiger partial charge in [0.05, 0.1) is 21.8 Å². The van der Waals surface area contributed by atoms with Gasteiger partial charge < -0.3 is 15.4 Å². The van der Waals surface area contributed by atoms with E-state index in [0.717, 1.165) is 12.1 Å². The molecule has 0 unspecified atom stereocenters. The van der Waals surface area contributed by atoms with E-state index in [1.54, 1.807) is 24.5 Å². The normalized spacial score (nSPS) is 11.1. The van der Waals surface area contributed by atoms with E-state index in [4.69, 9.17) is 16.3 Å². The van der Waals surface area contributed by atoms with Crippen molar-refractivity contribution in [3.8, 4) is 22.9 Å². The van der Waals surface area contributed by atoms with E-state index >= 15 is 0 Å². The molecule has 0 bridgehead atoms. The molecule has 0 radical (unpaired) electrons. The maximum absolute atomic E-state index is 12.9. The van der Waals surface area contributed by atoms with Crippen molar-refractivity contribution in [3.63, 3.8) is 0 Å². The lowest BCUT2D eigenvalue weighted by molar-refractivity contribution is -0.137. The van der Waals surface area contributed by atoms with Crippen LogP contribution in [0, 0.1) is 0 Å². The number of benzene rings is 2. The molecule has 11 heteroatoms. The highest BCUT2D eigenvalue weighted by molar-refractivity contribution is 6.32. The van der Waals surface area contributed by atoms with Crippen LogP contribution in [-0.4, -0.2) is 21.0 Å². The van der Waals surface area contributed by atoms with Gasteiger partial charge in [-0.1, -0.05) is 24.6 Å². The lowest BCUT2D eigenvalue weighted by Crippen LogP contribution is -2.19. The van der Waals surface area contributed by atoms with E-state index in [1.807, 2.05) is 13.0 Å². The van der Waals surface area contributed by atoms with Gasteiger partial charge in [-0.3, -0.25) is 0 Å². The minimum absolute atomic E-state index is 0.00740. The van der Waals surface area contributed by atoms with Gasteiger partial charge in [0.1, 0.15) is 11.6 Å². The van der Waals surface area contributed by atoms with E-state index in [9.17, 15) is 18.0 Å². The number of aryl methyl sites for hydroxylation is 1. The van der Waals surface area contributed by atoms with Crippen LogP contribution in [0.15, 0.2) is 73.1 Å². The van der Waals surface area contributed by atoms with E-state index < -0.39 is 17.8 Å². The Morgan fingerprint density at radius 3 is 2.47 bits per heavy atom. The summed E-state index contributed by atoms with van der Waals surface area (Å²) in [4.78, 5) is 25.3. The number of nitrogens with zero attached hydrogens (tertiary/aromatic N) is 3. The number of carbonyl (C=O) groups is 1. The number of rotatable bonds is 6. The van der Waals surface area contributed by atoms with Crippen LogP contribution in [0.1, 0.15) is 18.3 Å². The van der Waals surface area contributed by atoms with Crippen LogP contribution >= 0.6 is 11.6 Å². The van der Waals surface area contributed by atoms with E-state index in [1.165, 1.54) is 30.3 Å². The molecule has 0 saturated carbocycles. The quantitative estimate of drug-likeness (QED) is 0.284. The molecule has 36 heavy (non-hydrogen) atoms. The molecule has 2 amide bonds. The van der Waals surface area contributed by atoms with Crippen molar-refractivity contribution >= 4 is 29.0 Å². The van der Waals surface area contributed by atoms with Crippen LogP contribution in [0.4, 0.5) is 29.3 Å². The third-order valence-electron chi connectivity index (χ3n) is 4.91. The number of halogens is 4. The number of pyridine rings is 1. The second kappa shape index (κ2) is 10.6. The van der Waals surface area contributed by atoms with Crippen LogP contribution in [0.2, 0.25) is 5.02 Å². The number of hydrogen-bond acceptors (Lipinski definition) is 5. The number of amides is 2. The van der Waals surface area contributed by atoms with Crippen molar-refractivity contribution in [2.24, 2.45) is 0 Å². The van der Waals surface area contributed by atoms with Gasteiger partial charge in [0.2, 0.25) is 5.88 Å². The molecule has 0 saturated heterocycles. The zero-order valence-corrected chi connectivity index (χ0v) is 19.6. The Labute approximate surface area is 209 Å². The molecule has 0 atom stereocenters. The van der Waals surface area contributed by atoms with Gasteiger partial charge >= 0.3 is 12.2 Å². The summed E-state index contributed by atoms with van der Waals surface area (Å²) in [5, 5.41) is 5.07. The summed E-state index contributed by atoms with van der Waals surface area (Å²) in [5.41, 5.74) is 0.721. The van der Waals surface area contributed by atoms with Crippen molar-refractivity contribution < 1.29 is 22.7 Å². The van der Waals surface area contributed by atoms with Crippen LogP contribution in [0.25, 0.3) is 11.3 Å². The average Bonchev–Trinajstić information content (AvgIpc) is 2.85. The second-order valence-electron chi connectivity index (χ2n) is 7.47. The maximum atomic E-state index is 12.9. The van der Waals surface area contributed by atoms with Crippen LogP contribution < -0.4 is 15.4 Å². The molecule has 4 aromatic rings. The minimum atomic E-state index is -4.52. The van der Waals surface area contributed by atoms with Crippen molar-refractivity contribution in [1.82, 2.24) is 15.0 Å². The smallest absolute Gasteiger partial charge is 0.416 e. The monoisotopic (exact) mass is 513 g/mol. The van der Waals surface area contributed by atoms with Gasteiger partial charge in [0.15, 0.2) is 0 Å². The standard InChI is InChI=1S/C25H19ClF3N5O2/c1-2-22-30-12-10-20(34-22)18-7-4-11-31-23(18)36-21-9-8-17(14-19(21)26)33-24(35)32-16-6-3-5-15(13-16)25(27,28)29/h3-14H,2H2,1H3,(H2,32,33,35). The molecular formula is C25H19ClF3N5O2. The maximum Gasteiger partial charge on any atom is 0.416 e. The first-order valence-electron chi connectivity index (χ1n) is 10.7. The molecule has 7 nitrogen and oxygen atoms in total. The molecule has 2 heterocycles. The molecule has 0 fully saturated rings. The molecule has 0 aliphatic carbocycles. The lowest BCUT2D eigenvalue weighted by atomic mass is 10.2. The number of urea groups is 1. The fraction of sp³-hybridized carbons (Fsp3) is 0.120. The Bertz CT molecular complexity index is 1400. The largest absolute Gasteiger partial charge is 0.437 e. The second-order valence-corrected chi connectivity index (χ2v) is 7.88. The predicted octanol–water partition coefficient (Wildman–Crippen LogP) is 7.21. The summed E-state index contributed by atoms with van der Waals surface area (Å²) >= 11 is 6.36. The van der Waals surface area contributed by atoms with Crippen molar-refractivity contribution in [2.75, 3.05) is 10.6 Å². The number of hydrogen-bond donors (Lipinski definition) is 2. The summed E-state index contributed by atoms with van der Waals surface area (Å²) in [6, 6.07) is 13.4. The molecular weight excluding hydrogens is 495 g/mol. The Kier molecular flexibility index (Phi) is 7.35. The fourth-order valence-corrected chi connectivity index (χ4v) is 3.44. The molecule has 0 aliphatic heterocycles. The first-order valence-corrected chi connectivity index (χ1v) is 11.1. The number of carbonyl (C=O) groups excluding carboxylic acids is 1. The highest BCUT2D eigenvalue weighted by Gasteiger charge is 2.30. The van der Waals surface area contributed by atoms with Gasteiger partial charge in [0, 0.05) is 30.2 Å². The summed E-state index contributed by atoms with van der Waals surface area (Å²) < 4.78 is 44.6. The third-order valence-corrected chi connectivity index (χ3v) is 5.21. The molecule has 2 aromatic carbocycles.